The summed E-state index contributed by atoms with van der Waals surface area (Å²) in [5.41, 5.74) is -0.921. The lowest BCUT2D eigenvalue weighted by Gasteiger charge is -2.49. The fourth-order valence-corrected chi connectivity index (χ4v) is 9.99. The van der Waals surface area contributed by atoms with E-state index in [2.05, 4.69) is 10.6 Å². The Bertz CT molecular complexity index is 1920. The van der Waals surface area contributed by atoms with Gasteiger partial charge < -0.3 is 69.7 Å². The zero-order valence-corrected chi connectivity index (χ0v) is 37.0. The van der Waals surface area contributed by atoms with Gasteiger partial charge in [0, 0.05) is 24.7 Å². The molecule has 7 aliphatic rings. The topological polar surface area (TPSA) is 282 Å². The summed E-state index contributed by atoms with van der Waals surface area (Å²) in [6.07, 6.45) is -4.85. The Morgan fingerprint density at radius 2 is 1.65 bits per heavy atom. The Kier molecular flexibility index (Phi) is 13.8. The largest absolute Gasteiger partial charge is 0.460 e. The summed E-state index contributed by atoms with van der Waals surface area (Å²) < 4.78 is 36.1. The van der Waals surface area contributed by atoms with Crippen LogP contribution in [0.15, 0.2) is 30.3 Å². The first-order chi connectivity index (χ1) is 30.9. The van der Waals surface area contributed by atoms with Crippen LogP contribution in [0.1, 0.15) is 83.8 Å². The number of aliphatic hydroxyl groups excluding tert-OH is 6. The van der Waals surface area contributed by atoms with Crippen molar-refractivity contribution >= 4 is 29.8 Å². The third kappa shape index (κ3) is 9.60. The lowest BCUT2D eigenvalue weighted by molar-refractivity contribution is -0.298. The van der Waals surface area contributed by atoms with Crippen LogP contribution in [-0.2, 0) is 59.0 Å². The van der Waals surface area contributed by atoms with Crippen LogP contribution in [0, 0.1) is 17.3 Å². The van der Waals surface area contributed by atoms with Crippen LogP contribution in [0.25, 0.3) is 6.08 Å². The number of benzene rings is 1. The minimum atomic E-state index is -1.65. The summed E-state index contributed by atoms with van der Waals surface area (Å²) in [4.78, 5) is 62.2. The molecular formula is C45H63N3O17. The number of nitrogens with zero attached hydrogens (tertiary/aromatic N) is 1. The van der Waals surface area contributed by atoms with Gasteiger partial charge in [-0.3, -0.25) is 24.0 Å². The molecule has 0 unspecified atom stereocenters. The number of ether oxygens (including phenoxy) is 6. The van der Waals surface area contributed by atoms with Gasteiger partial charge in [-0.1, -0.05) is 36.4 Å². The molecule has 360 valence electrons. The van der Waals surface area contributed by atoms with E-state index in [0.717, 1.165) is 31.2 Å². The molecule has 14 atom stereocenters. The van der Waals surface area contributed by atoms with E-state index in [1.807, 2.05) is 24.3 Å². The number of hydrogen-bond acceptors (Lipinski definition) is 18. The molecule has 2 bridgehead atoms. The molecule has 0 radical (unpaired) electrons. The quantitative estimate of drug-likeness (QED) is 0.0827. The maximum absolute atomic E-state index is 15.1. The first kappa shape index (κ1) is 47.8. The summed E-state index contributed by atoms with van der Waals surface area (Å²) in [6, 6.07) is 3.51. The second-order valence-electron chi connectivity index (χ2n) is 19.5. The number of amides is 2. The molecule has 2 amide bonds. The Balaban J connectivity index is 0.993. The molecule has 1 aromatic carbocycles. The second-order valence-corrected chi connectivity index (χ2v) is 19.5. The van der Waals surface area contributed by atoms with Crippen molar-refractivity contribution in [2.75, 3.05) is 19.8 Å². The van der Waals surface area contributed by atoms with Gasteiger partial charge in [0.05, 0.1) is 38.5 Å². The van der Waals surface area contributed by atoms with Crippen molar-refractivity contribution in [3.8, 4) is 0 Å². The third-order valence-electron chi connectivity index (χ3n) is 13.5. The highest BCUT2D eigenvalue weighted by Gasteiger charge is 2.78. The van der Waals surface area contributed by atoms with Crippen LogP contribution in [0.4, 0.5) is 0 Å². The highest BCUT2D eigenvalue weighted by Crippen LogP contribution is 2.64. The number of nitrogens with one attached hydrogen (secondary N) is 2. The maximum Gasteiger partial charge on any atom is 0.327 e. The van der Waals surface area contributed by atoms with Crippen molar-refractivity contribution in [3.63, 3.8) is 0 Å². The van der Waals surface area contributed by atoms with E-state index in [1.54, 1.807) is 32.9 Å². The lowest BCUT2D eigenvalue weighted by atomic mass is 9.62. The van der Waals surface area contributed by atoms with Crippen LogP contribution >= 0.6 is 0 Å². The fourth-order valence-electron chi connectivity index (χ4n) is 9.99. The second kappa shape index (κ2) is 18.8. The number of aliphatic hydroxyl groups is 6. The number of hydroxylamine groups is 2. The summed E-state index contributed by atoms with van der Waals surface area (Å²) in [5.74, 6) is -3.36. The average Bonchev–Trinajstić information content (AvgIpc) is 4.21. The summed E-state index contributed by atoms with van der Waals surface area (Å²) in [6.45, 7) is 5.41. The molecule has 0 aromatic heterocycles. The molecule has 8 N–H and O–H groups in total. The van der Waals surface area contributed by atoms with Gasteiger partial charge >= 0.3 is 11.9 Å². The molecule has 7 fully saturated rings. The Hall–Kier alpha value is -3.64. The van der Waals surface area contributed by atoms with Crippen molar-refractivity contribution in [2.45, 2.75) is 170 Å². The van der Waals surface area contributed by atoms with E-state index in [4.69, 9.17) is 33.3 Å². The van der Waals surface area contributed by atoms with Gasteiger partial charge in [-0.2, -0.15) is 5.06 Å². The molecule has 4 saturated heterocycles. The Labute approximate surface area is 376 Å². The van der Waals surface area contributed by atoms with E-state index in [1.165, 1.54) is 12.0 Å². The predicted octanol–water partition coefficient (Wildman–Crippen LogP) is -0.919. The van der Waals surface area contributed by atoms with Crippen LogP contribution in [0.5, 0.6) is 0 Å². The SMILES string of the molecule is C[C@H](O)[C@@H](NC(=O)[C@@]12C[C@H]3OC(=O)[C@@H]1N(Cc1ccc(C=CCO[C@H]4O[C@H](CO)[C@H](O)[C@H](O)[C@H]4O)cc1)O[C@@H]2[C@H]1OC(C2CC2)(C2CC2)O[C@H]13)C(=O)N[C@H](CO)CCC(=O)OC(C)(C)C. The van der Waals surface area contributed by atoms with Crippen LogP contribution < -0.4 is 10.6 Å². The van der Waals surface area contributed by atoms with E-state index < -0.39 is 133 Å². The van der Waals surface area contributed by atoms with E-state index in [-0.39, 0.29) is 44.2 Å². The molecule has 8 rings (SSSR count). The van der Waals surface area contributed by atoms with Crippen molar-refractivity contribution in [1.29, 1.82) is 0 Å². The first-order valence-electron chi connectivity index (χ1n) is 22.7. The van der Waals surface area contributed by atoms with Gasteiger partial charge in [-0.25, -0.2) is 0 Å². The van der Waals surface area contributed by atoms with Crippen molar-refractivity contribution in [2.24, 2.45) is 17.3 Å². The fraction of sp³-hybridized carbons (Fsp3) is 0.733. The standard InChI is InChI=1S/C45H63N3O17/c1-22(51)31(39(56)46-27(20-49)15-16-30(52)62-43(2,3)4)47-42(58)44-18-28-35-36(64-45(63-35,25-11-12-25)26-13-14-26)38(44)65-48(37(44)40(57)60-28)19-24-9-7-23(8-10-24)6-5-17-59-41-34(55)33(54)32(53)29(21-50)61-41/h5-10,22,25-29,31-38,41,49-51,53-55H,11-21H2,1-4H3,(H,46,56)(H,47,58)/t22-,27-,28+,29+,31+,32-,33-,34+,35-,36-,37-,38+,41-,44-/m0/s1. The smallest absolute Gasteiger partial charge is 0.327 e. The zero-order chi connectivity index (χ0) is 46.6. The summed E-state index contributed by atoms with van der Waals surface area (Å²) in [7, 11) is 0. The van der Waals surface area contributed by atoms with Crippen molar-refractivity contribution in [3.05, 3.63) is 41.5 Å². The number of fused-ring (bicyclic) bond motifs is 4. The van der Waals surface area contributed by atoms with Gasteiger partial charge in [0.25, 0.3) is 0 Å². The molecule has 20 heteroatoms. The first-order valence-corrected chi connectivity index (χ1v) is 22.7. The van der Waals surface area contributed by atoms with E-state index >= 15 is 4.79 Å². The lowest BCUT2D eigenvalue weighted by Crippen LogP contribution is -2.71. The molecule has 3 aliphatic carbocycles. The number of esters is 2. The highest BCUT2D eigenvalue weighted by molar-refractivity contribution is 5.96. The minimum Gasteiger partial charge on any atom is -0.460 e. The van der Waals surface area contributed by atoms with Crippen LogP contribution in [0.2, 0.25) is 0 Å². The molecule has 4 heterocycles. The summed E-state index contributed by atoms with van der Waals surface area (Å²) >= 11 is 0. The molecule has 65 heavy (non-hydrogen) atoms. The molecule has 4 aliphatic heterocycles. The molecule has 0 spiro atoms. The minimum absolute atomic E-state index is 0.00935. The van der Waals surface area contributed by atoms with E-state index in [9.17, 15) is 45.0 Å². The van der Waals surface area contributed by atoms with E-state index in [0.29, 0.717) is 5.56 Å². The number of rotatable bonds is 18. The molecule has 1 aromatic rings. The van der Waals surface area contributed by atoms with Gasteiger partial charge in [-0.15, -0.1) is 0 Å². The average molecular weight is 918 g/mol. The van der Waals surface area contributed by atoms with Gasteiger partial charge in [0.2, 0.25) is 11.8 Å². The molecular weight excluding hydrogens is 854 g/mol. The number of carbonyl (C=O) groups is 4. The highest BCUT2D eigenvalue weighted by atomic mass is 16.8. The number of hydrogen-bond donors (Lipinski definition) is 8. The van der Waals surface area contributed by atoms with Crippen molar-refractivity contribution < 1.29 is 83.1 Å². The predicted molar refractivity (Wildman–Crippen MR) is 222 cm³/mol. The van der Waals surface area contributed by atoms with Crippen molar-refractivity contribution in [1.82, 2.24) is 15.7 Å². The third-order valence-corrected chi connectivity index (χ3v) is 13.5. The summed E-state index contributed by atoms with van der Waals surface area (Å²) in [5, 5.41) is 67.6. The normalized spacial score (nSPS) is 35.5. The van der Waals surface area contributed by atoms with Gasteiger partial charge in [0.1, 0.15) is 65.9 Å². The van der Waals surface area contributed by atoms with Crippen LogP contribution in [-0.4, -0.2) is 170 Å². The zero-order valence-electron chi connectivity index (χ0n) is 37.0. The van der Waals surface area contributed by atoms with Crippen LogP contribution in [0.3, 0.4) is 0 Å². The monoisotopic (exact) mass is 917 g/mol. The number of carbonyl (C=O) groups excluding carboxylic acids is 4. The van der Waals surface area contributed by atoms with Gasteiger partial charge in [-0.05, 0) is 70.9 Å². The molecule has 20 nitrogen and oxygen atoms in total. The molecule has 3 saturated carbocycles. The Morgan fingerprint density at radius 1 is 0.969 bits per heavy atom. The van der Waals surface area contributed by atoms with Gasteiger partial charge in [0.15, 0.2) is 18.1 Å². The maximum atomic E-state index is 15.1. The Morgan fingerprint density at radius 3 is 2.26 bits per heavy atom.